The summed E-state index contributed by atoms with van der Waals surface area (Å²) >= 11 is 10.6. The molecule has 2 aromatic rings. The minimum absolute atomic E-state index is 0.201. The molecule has 35 heavy (non-hydrogen) atoms. The smallest absolute Gasteiger partial charge is 0.294 e. The molecule has 0 atom stereocenters. The molecule has 0 aromatic heterocycles. The lowest BCUT2D eigenvalue weighted by Gasteiger charge is -2.18. The van der Waals surface area contributed by atoms with Gasteiger partial charge in [-0.3, -0.25) is 19.3 Å². The first-order valence-electron chi connectivity index (χ1n) is 11.2. The number of ether oxygens (including phenoxy) is 2. The first kappa shape index (κ1) is 25.6. The number of thioether (sulfide) groups is 1. The van der Waals surface area contributed by atoms with E-state index in [1.165, 1.54) is 0 Å². The Morgan fingerprint density at radius 3 is 2.63 bits per heavy atom. The summed E-state index contributed by atoms with van der Waals surface area (Å²) in [5.74, 6) is 0.324. The van der Waals surface area contributed by atoms with Crippen LogP contribution in [0.15, 0.2) is 45.8 Å². The number of hydrogen-bond acceptors (Lipinski definition) is 6. The SMILES string of the molecule is CCOc1cc(/C=C2\SC(=O)N(CC(=O)N3CCCC3)C2=O)cc(Br)c1OCc1ccccc1Cl. The van der Waals surface area contributed by atoms with Crippen molar-refractivity contribution in [2.45, 2.75) is 26.4 Å². The number of carbonyl (C=O) groups is 3. The molecule has 0 saturated carbocycles. The van der Waals surface area contributed by atoms with Gasteiger partial charge in [-0.05, 0) is 77.3 Å². The van der Waals surface area contributed by atoms with Crippen molar-refractivity contribution in [2.75, 3.05) is 26.2 Å². The molecule has 2 saturated heterocycles. The standard InChI is InChI=1S/C25H24BrClN2O5S/c1-2-33-20-12-16(11-18(26)23(20)34-15-17-7-3-4-8-19(17)27)13-21-24(31)29(25(32)35-21)14-22(30)28-9-5-6-10-28/h3-4,7-8,11-13H,2,5-6,9-10,14-15H2,1H3/b21-13-. The summed E-state index contributed by atoms with van der Waals surface area (Å²) in [5, 5.41) is 0.162. The Morgan fingerprint density at radius 2 is 1.91 bits per heavy atom. The van der Waals surface area contributed by atoms with Crippen molar-refractivity contribution < 1.29 is 23.9 Å². The molecule has 0 unspecified atom stereocenters. The predicted octanol–water partition coefficient (Wildman–Crippen LogP) is 5.74. The molecule has 2 aromatic carbocycles. The van der Waals surface area contributed by atoms with Crippen LogP contribution in [0.1, 0.15) is 30.9 Å². The summed E-state index contributed by atoms with van der Waals surface area (Å²) in [6.07, 6.45) is 3.52. The summed E-state index contributed by atoms with van der Waals surface area (Å²) in [4.78, 5) is 40.8. The van der Waals surface area contributed by atoms with Gasteiger partial charge in [0.1, 0.15) is 13.2 Å². The minimum atomic E-state index is -0.472. The number of rotatable bonds is 8. The molecular weight excluding hydrogens is 556 g/mol. The summed E-state index contributed by atoms with van der Waals surface area (Å²) < 4.78 is 12.4. The Hall–Kier alpha value is -2.49. The number of nitrogens with zero attached hydrogens (tertiary/aromatic N) is 2. The third kappa shape index (κ3) is 6.02. The van der Waals surface area contributed by atoms with Crippen LogP contribution in [-0.4, -0.2) is 53.1 Å². The Bertz CT molecular complexity index is 1180. The molecule has 184 valence electrons. The Morgan fingerprint density at radius 1 is 1.17 bits per heavy atom. The number of likely N-dealkylation sites (tertiary alicyclic amines) is 1. The lowest BCUT2D eigenvalue weighted by atomic mass is 10.1. The number of imide groups is 1. The van der Waals surface area contributed by atoms with Crippen molar-refractivity contribution in [3.05, 3.63) is 61.9 Å². The fraction of sp³-hybridized carbons (Fsp3) is 0.320. The third-order valence-electron chi connectivity index (χ3n) is 5.59. The molecule has 3 amide bonds. The van der Waals surface area contributed by atoms with Crippen LogP contribution in [0.5, 0.6) is 11.5 Å². The summed E-state index contributed by atoms with van der Waals surface area (Å²) in [5.41, 5.74) is 1.49. The van der Waals surface area contributed by atoms with Crippen LogP contribution < -0.4 is 9.47 Å². The molecule has 7 nitrogen and oxygen atoms in total. The highest BCUT2D eigenvalue weighted by Gasteiger charge is 2.37. The van der Waals surface area contributed by atoms with E-state index in [1.807, 2.05) is 25.1 Å². The summed E-state index contributed by atoms with van der Waals surface area (Å²) in [6.45, 7) is 3.63. The second-order valence-electron chi connectivity index (χ2n) is 8.00. The van der Waals surface area contributed by atoms with E-state index in [2.05, 4.69) is 15.9 Å². The van der Waals surface area contributed by atoms with Gasteiger partial charge in [0.05, 0.1) is 16.0 Å². The number of halogens is 2. The van der Waals surface area contributed by atoms with E-state index < -0.39 is 11.1 Å². The van der Waals surface area contributed by atoms with Crippen molar-refractivity contribution in [2.24, 2.45) is 0 Å². The van der Waals surface area contributed by atoms with Gasteiger partial charge in [-0.2, -0.15) is 0 Å². The van der Waals surface area contributed by atoms with Crippen molar-refractivity contribution >= 4 is 62.4 Å². The van der Waals surface area contributed by atoms with Gasteiger partial charge < -0.3 is 14.4 Å². The topological polar surface area (TPSA) is 76.2 Å². The van der Waals surface area contributed by atoms with E-state index >= 15 is 0 Å². The normalized spacial score (nSPS) is 16.9. The monoisotopic (exact) mass is 578 g/mol. The second kappa shape index (κ2) is 11.5. The van der Waals surface area contributed by atoms with Gasteiger partial charge in [0.2, 0.25) is 5.91 Å². The zero-order chi connectivity index (χ0) is 24.9. The minimum Gasteiger partial charge on any atom is -0.490 e. The Labute approximate surface area is 221 Å². The van der Waals surface area contributed by atoms with Crippen LogP contribution in [0.3, 0.4) is 0 Å². The molecule has 10 heteroatoms. The first-order valence-corrected chi connectivity index (χ1v) is 13.2. The van der Waals surface area contributed by atoms with Crippen LogP contribution in [0, 0.1) is 0 Å². The van der Waals surface area contributed by atoms with E-state index in [-0.39, 0.29) is 24.0 Å². The Balaban J connectivity index is 1.52. The molecule has 0 bridgehead atoms. The highest BCUT2D eigenvalue weighted by molar-refractivity contribution is 9.10. The van der Waals surface area contributed by atoms with Gasteiger partial charge in [0.15, 0.2) is 11.5 Å². The van der Waals surface area contributed by atoms with E-state index in [1.54, 1.807) is 29.2 Å². The van der Waals surface area contributed by atoms with E-state index in [9.17, 15) is 14.4 Å². The lowest BCUT2D eigenvalue weighted by molar-refractivity contribution is -0.135. The summed E-state index contributed by atoms with van der Waals surface area (Å²) in [6, 6.07) is 11.0. The average Bonchev–Trinajstić information content (AvgIpc) is 3.45. The van der Waals surface area contributed by atoms with Crippen LogP contribution in [-0.2, 0) is 16.2 Å². The summed E-state index contributed by atoms with van der Waals surface area (Å²) in [7, 11) is 0. The van der Waals surface area contributed by atoms with E-state index in [0.717, 1.165) is 35.1 Å². The van der Waals surface area contributed by atoms with Gasteiger partial charge in [0, 0.05) is 23.7 Å². The maximum Gasteiger partial charge on any atom is 0.294 e. The molecule has 2 fully saturated rings. The Kier molecular flexibility index (Phi) is 8.41. The first-order chi connectivity index (χ1) is 16.9. The third-order valence-corrected chi connectivity index (χ3v) is 7.45. The average molecular weight is 580 g/mol. The molecule has 2 aliphatic heterocycles. The van der Waals surface area contributed by atoms with Gasteiger partial charge in [-0.1, -0.05) is 29.8 Å². The van der Waals surface area contributed by atoms with E-state index in [0.29, 0.717) is 46.3 Å². The molecule has 0 radical (unpaired) electrons. The fourth-order valence-electron chi connectivity index (χ4n) is 3.83. The predicted molar refractivity (Wildman–Crippen MR) is 140 cm³/mol. The largest absolute Gasteiger partial charge is 0.490 e. The molecule has 0 spiro atoms. The molecule has 0 aliphatic carbocycles. The molecular formula is C25H24BrClN2O5S. The highest BCUT2D eigenvalue weighted by atomic mass is 79.9. The van der Waals surface area contributed by atoms with Gasteiger partial charge in [-0.25, -0.2) is 0 Å². The molecule has 2 heterocycles. The van der Waals surface area contributed by atoms with Gasteiger partial charge in [0.25, 0.3) is 11.1 Å². The van der Waals surface area contributed by atoms with Crippen molar-refractivity contribution in [3.8, 4) is 11.5 Å². The van der Waals surface area contributed by atoms with Gasteiger partial charge in [-0.15, -0.1) is 0 Å². The zero-order valence-corrected chi connectivity index (χ0v) is 22.2. The number of hydrogen-bond donors (Lipinski definition) is 0. The maximum atomic E-state index is 12.9. The van der Waals surface area contributed by atoms with Crippen LogP contribution in [0.25, 0.3) is 6.08 Å². The fourth-order valence-corrected chi connectivity index (χ4v) is 5.43. The molecule has 2 aliphatic rings. The quantitative estimate of drug-likeness (QED) is 0.371. The van der Waals surface area contributed by atoms with Crippen LogP contribution in [0.2, 0.25) is 5.02 Å². The van der Waals surface area contributed by atoms with E-state index in [4.69, 9.17) is 21.1 Å². The number of benzene rings is 2. The van der Waals surface area contributed by atoms with Gasteiger partial charge >= 0.3 is 0 Å². The highest BCUT2D eigenvalue weighted by Crippen LogP contribution is 2.40. The number of carbonyl (C=O) groups excluding carboxylic acids is 3. The lowest BCUT2D eigenvalue weighted by Crippen LogP contribution is -2.40. The van der Waals surface area contributed by atoms with Crippen molar-refractivity contribution in [3.63, 3.8) is 0 Å². The molecule has 0 N–H and O–H groups in total. The van der Waals surface area contributed by atoms with Crippen molar-refractivity contribution in [1.82, 2.24) is 9.80 Å². The van der Waals surface area contributed by atoms with Crippen LogP contribution in [0.4, 0.5) is 4.79 Å². The second-order valence-corrected chi connectivity index (χ2v) is 10.3. The molecule has 4 rings (SSSR count). The van der Waals surface area contributed by atoms with Crippen molar-refractivity contribution in [1.29, 1.82) is 0 Å². The zero-order valence-electron chi connectivity index (χ0n) is 19.1. The number of amides is 3. The van der Waals surface area contributed by atoms with Crippen LogP contribution >= 0.6 is 39.3 Å². The maximum absolute atomic E-state index is 12.9.